The van der Waals surface area contributed by atoms with E-state index in [4.69, 9.17) is 16.3 Å². The molecule has 3 aromatic rings. The van der Waals surface area contributed by atoms with E-state index >= 15 is 0 Å². The third kappa shape index (κ3) is 5.33. The van der Waals surface area contributed by atoms with Gasteiger partial charge in [-0.1, -0.05) is 17.7 Å². The molecular formula is C21H17ClN4O4. The lowest BCUT2D eigenvalue weighted by Gasteiger charge is -2.10. The predicted molar refractivity (Wildman–Crippen MR) is 111 cm³/mol. The molecule has 152 valence electrons. The first kappa shape index (κ1) is 20.8. The molecular weight excluding hydrogens is 408 g/mol. The molecule has 3 amide bonds. The molecule has 0 unspecified atom stereocenters. The zero-order chi connectivity index (χ0) is 21.5. The third-order valence-corrected chi connectivity index (χ3v) is 4.17. The average molecular weight is 425 g/mol. The summed E-state index contributed by atoms with van der Waals surface area (Å²) in [5, 5.41) is 2.99. The molecule has 1 heterocycles. The van der Waals surface area contributed by atoms with E-state index in [1.54, 1.807) is 48.5 Å². The van der Waals surface area contributed by atoms with Gasteiger partial charge in [-0.25, -0.2) is 0 Å². The van der Waals surface area contributed by atoms with Gasteiger partial charge in [0.25, 0.3) is 17.7 Å². The van der Waals surface area contributed by atoms with Crippen molar-refractivity contribution in [2.75, 3.05) is 7.05 Å². The SMILES string of the molecule is CNC(=O)c1cc(Oc2cccc(C(=O)NNC(=O)c3ccc(Cl)cc3)c2)ccn1. The molecule has 9 heteroatoms. The predicted octanol–water partition coefficient (Wildman–Crippen LogP) is 2.96. The van der Waals surface area contributed by atoms with Crippen molar-refractivity contribution in [3.63, 3.8) is 0 Å². The zero-order valence-electron chi connectivity index (χ0n) is 15.8. The molecule has 1 aromatic heterocycles. The number of halogens is 1. The standard InChI is InChI=1S/C21H17ClN4O4/c1-23-21(29)18-12-17(9-10-24-18)30-16-4-2-3-14(11-16)20(28)26-25-19(27)13-5-7-15(22)8-6-13/h2-12H,1H3,(H,23,29)(H,25,27)(H,26,28). The Labute approximate surface area is 177 Å². The van der Waals surface area contributed by atoms with Crippen LogP contribution in [0.15, 0.2) is 66.9 Å². The van der Waals surface area contributed by atoms with Crippen LogP contribution in [0, 0.1) is 0 Å². The smallest absolute Gasteiger partial charge is 0.269 e. The lowest BCUT2D eigenvalue weighted by molar-refractivity contribution is 0.0846. The monoisotopic (exact) mass is 424 g/mol. The highest BCUT2D eigenvalue weighted by Crippen LogP contribution is 2.22. The molecule has 0 spiro atoms. The number of carbonyl (C=O) groups excluding carboxylic acids is 3. The van der Waals surface area contributed by atoms with Crippen molar-refractivity contribution in [2.24, 2.45) is 0 Å². The fourth-order valence-corrected chi connectivity index (χ4v) is 2.55. The Morgan fingerprint density at radius 2 is 1.50 bits per heavy atom. The molecule has 3 rings (SSSR count). The molecule has 0 aliphatic heterocycles. The molecule has 30 heavy (non-hydrogen) atoms. The molecule has 2 aromatic carbocycles. The molecule has 0 aliphatic carbocycles. The van der Waals surface area contributed by atoms with Crippen LogP contribution in [0.2, 0.25) is 5.02 Å². The molecule has 8 nitrogen and oxygen atoms in total. The topological polar surface area (TPSA) is 109 Å². The first-order chi connectivity index (χ1) is 14.5. The van der Waals surface area contributed by atoms with Crippen LogP contribution in [0.4, 0.5) is 0 Å². The zero-order valence-corrected chi connectivity index (χ0v) is 16.6. The highest BCUT2D eigenvalue weighted by molar-refractivity contribution is 6.30. The summed E-state index contributed by atoms with van der Waals surface area (Å²) in [6.07, 6.45) is 1.45. The van der Waals surface area contributed by atoms with Crippen LogP contribution in [0.1, 0.15) is 31.2 Å². The second-order valence-corrected chi connectivity index (χ2v) is 6.44. The van der Waals surface area contributed by atoms with Gasteiger partial charge in [0.05, 0.1) is 0 Å². The Hall–Kier alpha value is -3.91. The lowest BCUT2D eigenvalue weighted by Crippen LogP contribution is -2.41. The van der Waals surface area contributed by atoms with Crippen molar-refractivity contribution < 1.29 is 19.1 Å². The van der Waals surface area contributed by atoms with E-state index in [1.165, 1.54) is 25.4 Å². The van der Waals surface area contributed by atoms with Crippen LogP contribution in [-0.2, 0) is 0 Å². The number of hydrazine groups is 1. The minimum atomic E-state index is -0.524. The van der Waals surface area contributed by atoms with Crippen LogP contribution in [0.5, 0.6) is 11.5 Å². The van der Waals surface area contributed by atoms with Crippen molar-refractivity contribution in [2.45, 2.75) is 0 Å². The summed E-state index contributed by atoms with van der Waals surface area (Å²) in [4.78, 5) is 40.1. The van der Waals surface area contributed by atoms with Gasteiger partial charge < -0.3 is 10.1 Å². The number of ether oxygens (including phenoxy) is 1. The van der Waals surface area contributed by atoms with E-state index in [1.807, 2.05) is 0 Å². The summed E-state index contributed by atoms with van der Waals surface area (Å²) >= 11 is 5.79. The number of pyridine rings is 1. The minimum Gasteiger partial charge on any atom is -0.457 e. The Balaban J connectivity index is 1.64. The van der Waals surface area contributed by atoms with E-state index in [0.717, 1.165) is 0 Å². The first-order valence-electron chi connectivity index (χ1n) is 8.78. The number of benzene rings is 2. The normalized spacial score (nSPS) is 10.1. The number of hydrogen-bond donors (Lipinski definition) is 3. The van der Waals surface area contributed by atoms with Gasteiger partial charge in [0, 0.05) is 35.5 Å². The van der Waals surface area contributed by atoms with Crippen LogP contribution >= 0.6 is 11.6 Å². The maximum Gasteiger partial charge on any atom is 0.269 e. The van der Waals surface area contributed by atoms with Gasteiger partial charge in [-0.2, -0.15) is 0 Å². The molecule has 0 radical (unpaired) electrons. The van der Waals surface area contributed by atoms with Crippen molar-refractivity contribution in [1.29, 1.82) is 0 Å². The van der Waals surface area contributed by atoms with E-state index in [9.17, 15) is 14.4 Å². The highest BCUT2D eigenvalue weighted by atomic mass is 35.5. The number of nitrogens with zero attached hydrogens (tertiary/aromatic N) is 1. The maximum absolute atomic E-state index is 12.4. The third-order valence-electron chi connectivity index (χ3n) is 3.92. The van der Waals surface area contributed by atoms with E-state index in [-0.39, 0.29) is 17.2 Å². The van der Waals surface area contributed by atoms with Crippen molar-refractivity contribution >= 4 is 29.3 Å². The fourth-order valence-electron chi connectivity index (χ4n) is 2.42. The average Bonchev–Trinajstić information content (AvgIpc) is 2.77. The first-order valence-corrected chi connectivity index (χ1v) is 9.16. The van der Waals surface area contributed by atoms with Gasteiger partial charge in [-0.3, -0.25) is 30.2 Å². The number of carbonyl (C=O) groups is 3. The van der Waals surface area contributed by atoms with Gasteiger partial charge >= 0.3 is 0 Å². The largest absolute Gasteiger partial charge is 0.457 e. The number of amides is 3. The van der Waals surface area contributed by atoms with Gasteiger partial charge in [0.1, 0.15) is 17.2 Å². The van der Waals surface area contributed by atoms with Crippen molar-refractivity contribution in [3.8, 4) is 11.5 Å². The highest BCUT2D eigenvalue weighted by Gasteiger charge is 2.11. The molecule has 0 aliphatic rings. The summed E-state index contributed by atoms with van der Waals surface area (Å²) in [5.41, 5.74) is 5.50. The summed E-state index contributed by atoms with van der Waals surface area (Å²) in [5.74, 6) is -0.586. The Morgan fingerprint density at radius 3 is 2.20 bits per heavy atom. The summed E-state index contributed by atoms with van der Waals surface area (Å²) in [7, 11) is 1.51. The molecule has 0 fully saturated rings. The van der Waals surface area contributed by atoms with Crippen LogP contribution in [0.25, 0.3) is 0 Å². The van der Waals surface area contributed by atoms with Gasteiger partial charge in [-0.15, -0.1) is 0 Å². The fraction of sp³-hybridized carbons (Fsp3) is 0.0476. The Bertz CT molecular complexity index is 1090. The lowest BCUT2D eigenvalue weighted by atomic mass is 10.2. The quantitative estimate of drug-likeness (QED) is 0.545. The van der Waals surface area contributed by atoms with E-state index in [0.29, 0.717) is 22.1 Å². The summed E-state index contributed by atoms with van der Waals surface area (Å²) < 4.78 is 5.71. The second kappa shape index (κ2) is 9.53. The van der Waals surface area contributed by atoms with Crippen molar-refractivity contribution in [1.82, 2.24) is 21.2 Å². The van der Waals surface area contributed by atoms with Gasteiger partial charge in [-0.05, 0) is 48.5 Å². The van der Waals surface area contributed by atoms with Crippen LogP contribution < -0.4 is 20.9 Å². The maximum atomic E-state index is 12.4. The van der Waals surface area contributed by atoms with Gasteiger partial charge in [0.2, 0.25) is 0 Å². The second-order valence-electron chi connectivity index (χ2n) is 6.00. The molecule has 0 saturated carbocycles. The van der Waals surface area contributed by atoms with E-state index in [2.05, 4.69) is 21.2 Å². The minimum absolute atomic E-state index is 0.203. The van der Waals surface area contributed by atoms with E-state index < -0.39 is 11.8 Å². The number of nitrogens with one attached hydrogen (secondary N) is 3. The molecule has 0 atom stereocenters. The van der Waals surface area contributed by atoms with Crippen LogP contribution in [-0.4, -0.2) is 29.8 Å². The summed E-state index contributed by atoms with van der Waals surface area (Å²) in [6.45, 7) is 0. The molecule has 0 saturated heterocycles. The van der Waals surface area contributed by atoms with Crippen molar-refractivity contribution in [3.05, 3.63) is 88.7 Å². The number of rotatable bonds is 5. The van der Waals surface area contributed by atoms with Gasteiger partial charge in [0.15, 0.2) is 0 Å². The molecule has 0 bridgehead atoms. The summed E-state index contributed by atoms with van der Waals surface area (Å²) in [6, 6.07) is 15.7. The number of hydrogen-bond acceptors (Lipinski definition) is 5. The van der Waals surface area contributed by atoms with Crippen LogP contribution in [0.3, 0.4) is 0 Å². The Morgan fingerprint density at radius 1 is 0.833 bits per heavy atom. The number of aromatic nitrogens is 1. The Kier molecular flexibility index (Phi) is 6.61. The molecule has 3 N–H and O–H groups in total.